The third-order valence-electron chi connectivity index (χ3n) is 5.61. The van der Waals surface area contributed by atoms with Crippen molar-refractivity contribution in [1.82, 2.24) is 4.90 Å². The molecule has 3 nitrogen and oxygen atoms in total. The number of likely N-dealkylation sites (tertiary alicyclic amines) is 1. The van der Waals surface area contributed by atoms with Crippen LogP contribution in [0.25, 0.3) is 0 Å². The summed E-state index contributed by atoms with van der Waals surface area (Å²) in [6.45, 7) is 5.14. The molecule has 0 atom stereocenters. The molecule has 0 saturated carbocycles. The minimum Gasteiger partial charge on any atom is -0.492 e. The van der Waals surface area contributed by atoms with Gasteiger partial charge in [0.25, 0.3) is 0 Å². The summed E-state index contributed by atoms with van der Waals surface area (Å²) in [5.41, 5.74) is 2.82. The van der Waals surface area contributed by atoms with Crippen molar-refractivity contribution < 1.29 is 8.92 Å². The molecule has 0 aliphatic carbocycles. The second-order valence-corrected chi connectivity index (χ2v) is 8.32. The lowest BCUT2D eigenvalue weighted by Gasteiger charge is -2.32. The van der Waals surface area contributed by atoms with E-state index in [1.165, 1.54) is 49.1 Å². The van der Waals surface area contributed by atoms with Crippen LogP contribution >= 0.6 is 12.0 Å². The molecule has 1 fully saturated rings. The van der Waals surface area contributed by atoms with E-state index in [4.69, 9.17) is 8.92 Å². The fraction of sp³-hybridized carbons (Fsp3) is 0.478. The number of rotatable bonds is 7. The zero-order valence-electron chi connectivity index (χ0n) is 15.9. The third kappa shape index (κ3) is 5.07. The summed E-state index contributed by atoms with van der Waals surface area (Å²) in [4.78, 5) is 3.71. The first-order chi connectivity index (χ1) is 13.4. The maximum atomic E-state index is 5.88. The summed E-state index contributed by atoms with van der Waals surface area (Å²) in [7, 11) is 0. The highest BCUT2D eigenvalue weighted by molar-refractivity contribution is 7.94. The molecule has 2 aliphatic rings. The maximum absolute atomic E-state index is 5.88. The Morgan fingerprint density at radius 1 is 1.04 bits per heavy atom. The molecule has 2 heterocycles. The minimum absolute atomic E-state index is 0.735. The van der Waals surface area contributed by atoms with E-state index in [0.29, 0.717) is 0 Å². The van der Waals surface area contributed by atoms with E-state index in [1.807, 2.05) is 0 Å². The molecular weight excluding hydrogens is 354 g/mol. The second kappa shape index (κ2) is 9.63. The largest absolute Gasteiger partial charge is 0.492 e. The molecule has 0 N–H and O–H groups in total. The SMILES string of the molecule is c1ccc(C2CCN(CCCOSc3cccc4c3OCCC4)CC2)cc1. The standard InChI is InChI=1S/C23H29NO2S/c1-2-7-19(8-3-1)20-12-15-24(16-13-20)14-6-18-26-27-22-11-4-9-21-10-5-17-25-23(21)22/h1-4,7-9,11,20H,5-6,10,12-18H2. The molecule has 0 radical (unpaired) electrons. The molecule has 0 amide bonds. The first kappa shape index (κ1) is 18.9. The molecule has 0 bridgehead atoms. The van der Waals surface area contributed by atoms with Crippen molar-refractivity contribution in [2.45, 2.75) is 42.9 Å². The summed E-state index contributed by atoms with van der Waals surface area (Å²) < 4.78 is 11.7. The van der Waals surface area contributed by atoms with E-state index in [9.17, 15) is 0 Å². The van der Waals surface area contributed by atoms with Gasteiger partial charge in [-0.15, -0.1) is 0 Å². The quantitative estimate of drug-likeness (QED) is 0.477. The normalized spacial score (nSPS) is 18.1. The van der Waals surface area contributed by atoms with Gasteiger partial charge in [-0.25, -0.2) is 0 Å². The van der Waals surface area contributed by atoms with Crippen LogP contribution < -0.4 is 4.74 Å². The number of nitrogens with zero attached hydrogens (tertiary/aromatic N) is 1. The predicted molar refractivity (Wildman–Crippen MR) is 112 cm³/mol. The molecule has 0 spiro atoms. The summed E-state index contributed by atoms with van der Waals surface area (Å²) >= 11 is 1.48. The zero-order valence-corrected chi connectivity index (χ0v) is 16.8. The Hall–Kier alpha value is -1.49. The lowest BCUT2D eigenvalue weighted by molar-refractivity contribution is 0.198. The molecule has 27 heavy (non-hydrogen) atoms. The lowest BCUT2D eigenvalue weighted by Crippen LogP contribution is -2.34. The number of fused-ring (bicyclic) bond motifs is 1. The molecule has 2 aromatic rings. The van der Waals surface area contributed by atoms with Crippen LogP contribution in [0.15, 0.2) is 53.4 Å². The highest BCUT2D eigenvalue weighted by Gasteiger charge is 2.20. The molecule has 4 heteroatoms. The van der Waals surface area contributed by atoms with E-state index in [2.05, 4.69) is 53.4 Å². The van der Waals surface area contributed by atoms with E-state index < -0.39 is 0 Å². The molecule has 2 aromatic carbocycles. The van der Waals surface area contributed by atoms with Crippen LogP contribution in [-0.4, -0.2) is 37.7 Å². The van der Waals surface area contributed by atoms with Gasteiger partial charge in [-0.2, -0.15) is 0 Å². The van der Waals surface area contributed by atoms with Crippen molar-refractivity contribution in [3.05, 3.63) is 59.7 Å². The van der Waals surface area contributed by atoms with Gasteiger partial charge in [0, 0.05) is 18.6 Å². The summed E-state index contributed by atoms with van der Waals surface area (Å²) in [6.07, 6.45) is 5.85. The molecule has 4 rings (SSSR count). The molecular formula is C23H29NO2S. The van der Waals surface area contributed by atoms with Crippen molar-refractivity contribution in [3.8, 4) is 5.75 Å². The number of para-hydroxylation sites is 1. The van der Waals surface area contributed by atoms with Gasteiger partial charge in [0.05, 0.1) is 18.1 Å². The Labute approximate surface area is 167 Å². The Kier molecular flexibility index (Phi) is 6.72. The number of benzene rings is 2. The second-order valence-electron chi connectivity index (χ2n) is 7.48. The molecule has 2 aliphatic heterocycles. The van der Waals surface area contributed by atoms with Crippen molar-refractivity contribution in [1.29, 1.82) is 0 Å². The average molecular weight is 384 g/mol. The Morgan fingerprint density at radius 2 is 1.89 bits per heavy atom. The van der Waals surface area contributed by atoms with Crippen LogP contribution in [0, 0.1) is 0 Å². The highest BCUT2D eigenvalue weighted by atomic mass is 32.2. The minimum atomic E-state index is 0.735. The van der Waals surface area contributed by atoms with Crippen LogP contribution in [0.3, 0.4) is 0 Å². The van der Waals surface area contributed by atoms with Crippen molar-refractivity contribution in [2.24, 2.45) is 0 Å². The smallest absolute Gasteiger partial charge is 0.138 e. The molecule has 0 unspecified atom stereocenters. The fourth-order valence-electron chi connectivity index (χ4n) is 4.09. The van der Waals surface area contributed by atoms with Gasteiger partial charge in [-0.05, 0) is 68.3 Å². The Balaban J connectivity index is 1.15. The molecule has 1 saturated heterocycles. The number of ether oxygens (including phenoxy) is 1. The van der Waals surface area contributed by atoms with Gasteiger partial charge < -0.3 is 13.8 Å². The van der Waals surface area contributed by atoms with E-state index in [0.717, 1.165) is 55.6 Å². The first-order valence-corrected chi connectivity index (χ1v) is 11.0. The lowest BCUT2D eigenvalue weighted by atomic mass is 9.89. The van der Waals surface area contributed by atoms with Gasteiger partial charge in [-0.3, -0.25) is 0 Å². The number of piperidine rings is 1. The van der Waals surface area contributed by atoms with Gasteiger partial charge in [0.2, 0.25) is 0 Å². The van der Waals surface area contributed by atoms with Crippen LogP contribution in [0.2, 0.25) is 0 Å². The molecule has 0 aromatic heterocycles. The van der Waals surface area contributed by atoms with E-state index >= 15 is 0 Å². The van der Waals surface area contributed by atoms with Crippen LogP contribution in [-0.2, 0) is 10.6 Å². The van der Waals surface area contributed by atoms with Gasteiger partial charge >= 0.3 is 0 Å². The zero-order chi connectivity index (χ0) is 18.3. The van der Waals surface area contributed by atoms with Crippen LogP contribution in [0.1, 0.15) is 42.7 Å². The van der Waals surface area contributed by atoms with Gasteiger partial charge in [0.1, 0.15) is 5.75 Å². The van der Waals surface area contributed by atoms with Crippen molar-refractivity contribution in [2.75, 3.05) is 32.8 Å². The predicted octanol–water partition coefficient (Wildman–Crippen LogP) is 5.31. The first-order valence-electron chi connectivity index (χ1n) is 10.2. The Morgan fingerprint density at radius 3 is 2.74 bits per heavy atom. The average Bonchev–Trinajstić information content (AvgIpc) is 2.75. The van der Waals surface area contributed by atoms with Crippen molar-refractivity contribution in [3.63, 3.8) is 0 Å². The summed E-state index contributed by atoms with van der Waals surface area (Å²) in [5, 5.41) is 0. The van der Waals surface area contributed by atoms with Crippen LogP contribution in [0.4, 0.5) is 0 Å². The van der Waals surface area contributed by atoms with E-state index in [-0.39, 0.29) is 0 Å². The summed E-state index contributed by atoms with van der Waals surface area (Å²) in [6, 6.07) is 17.3. The Bertz CT molecular complexity index is 714. The maximum Gasteiger partial charge on any atom is 0.138 e. The fourth-order valence-corrected chi connectivity index (χ4v) is 4.82. The van der Waals surface area contributed by atoms with E-state index in [1.54, 1.807) is 0 Å². The number of hydrogen-bond donors (Lipinski definition) is 0. The van der Waals surface area contributed by atoms with Gasteiger partial charge in [-0.1, -0.05) is 42.5 Å². The highest BCUT2D eigenvalue weighted by Crippen LogP contribution is 2.36. The van der Waals surface area contributed by atoms with Gasteiger partial charge in [0.15, 0.2) is 0 Å². The number of aryl methyl sites for hydroxylation is 1. The monoisotopic (exact) mass is 383 g/mol. The summed E-state index contributed by atoms with van der Waals surface area (Å²) in [5.74, 6) is 1.77. The topological polar surface area (TPSA) is 21.7 Å². The molecule has 144 valence electrons. The number of hydrogen-bond acceptors (Lipinski definition) is 4. The third-order valence-corrected chi connectivity index (χ3v) is 6.39. The van der Waals surface area contributed by atoms with Crippen molar-refractivity contribution >= 4 is 12.0 Å². The van der Waals surface area contributed by atoms with Crippen LogP contribution in [0.5, 0.6) is 5.75 Å².